The van der Waals surface area contributed by atoms with Crippen LogP contribution in [0.25, 0.3) is 0 Å². The van der Waals surface area contributed by atoms with E-state index in [2.05, 4.69) is 27.9 Å². The molecule has 0 radical (unpaired) electrons. The highest BCUT2D eigenvalue weighted by Gasteiger charge is 2.31. The van der Waals surface area contributed by atoms with Crippen molar-refractivity contribution in [1.29, 1.82) is 0 Å². The lowest BCUT2D eigenvalue weighted by Gasteiger charge is -2.32. The molecule has 156 valence electrons. The Morgan fingerprint density at radius 3 is 3.00 bits per heavy atom. The fraction of sp³-hybridized carbons (Fsp3) is 0.500. The standard InChI is InChI=1S/C20H26N4O3S2/c1-2-11-29(26,27)24-8-3-5-15(12-24)19-21-18-7-9-23(13-16-6-4-10-28-16)14-17(18)20(25)22-19/h2,4,6,10,15H,1,3,5,7-9,11-14H2,(H,21,22,25)/t15-/m0/s1. The Bertz CT molecular complexity index is 1030. The summed E-state index contributed by atoms with van der Waals surface area (Å²) in [5.74, 6) is 0.484. The molecule has 1 atom stereocenters. The van der Waals surface area contributed by atoms with Crippen molar-refractivity contribution in [1.82, 2.24) is 19.2 Å². The highest BCUT2D eigenvalue weighted by atomic mass is 32.2. The monoisotopic (exact) mass is 434 g/mol. The summed E-state index contributed by atoms with van der Waals surface area (Å²) in [6, 6.07) is 4.16. The van der Waals surface area contributed by atoms with Gasteiger partial charge >= 0.3 is 0 Å². The minimum Gasteiger partial charge on any atom is -0.310 e. The molecule has 1 N–H and O–H groups in total. The molecule has 2 aromatic rings. The normalized spacial score (nSPS) is 21.0. The van der Waals surface area contributed by atoms with Gasteiger partial charge in [-0.3, -0.25) is 9.69 Å². The third-order valence-electron chi connectivity index (χ3n) is 5.62. The summed E-state index contributed by atoms with van der Waals surface area (Å²) in [6.45, 7) is 6.72. The molecular weight excluding hydrogens is 408 g/mol. The van der Waals surface area contributed by atoms with Crippen LogP contribution in [-0.4, -0.2) is 53.0 Å². The zero-order valence-corrected chi connectivity index (χ0v) is 18.0. The van der Waals surface area contributed by atoms with Crippen LogP contribution in [0.15, 0.2) is 35.0 Å². The van der Waals surface area contributed by atoms with E-state index in [4.69, 9.17) is 4.98 Å². The number of fused-ring (bicyclic) bond motifs is 1. The number of nitrogens with one attached hydrogen (secondary N) is 1. The molecule has 0 amide bonds. The number of sulfonamides is 1. The highest BCUT2D eigenvalue weighted by molar-refractivity contribution is 7.89. The van der Waals surface area contributed by atoms with Gasteiger partial charge in [-0.05, 0) is 24.3 Å². The second-order valence-corrected chi connectivity index (χ2v) is 10.7. The fourth-order valence-corrected chi connectivity index (χ4v) is 6.19. The molecular formula is C20H26N4O3S2. The van der Waals surface area contributed by atoms with Crippen molar-refractivity contribution < 1.29 is 8.42 Å². The molecule has 2 aliphatic heterocycles. The molecule has 0 spiro atoms. The van der Waals surface area contributed by atoms with E-state index in [0.29, 0.717) is 25.5 Å². The van der Waals surface area contributed by atoms with Gasteiger partial charge in [0.1, 0.15) is 5.82 Å². The quantitative estimate of drug-likeness (QED) is 0.704. The molecule has 4 rings (SSSR count). The maximum atomic E-state index is 12.8. The molecule has 0 bridgehead atoms. The van der Waals surface area contributed by atoms with Gasteiger partial charge in [0.25, 0.3) is 5.56 Å². The van der Waals surface area contributed by atoms with Gasteiger partial charge < -0.3 is 4.98 Å². The first kappa shape index (κ1) is 20.5. The van der Waals surface area contributed by atoms with Crippen molar-refractivity contribution in [2.24, 2.45) is 0 Å². The first-order chi connectivity index (χ1) is 14.0. The van der Waals surface area contributed by atoms with E-state index < -0.39 is 10.0 Å². The van der Waals surface area contributed by atoms with Crippen molar-refractivity contribution in [3.05, 3.63) is 62.5 Å². The number of aromatic nitrogens is 2. The topological polar surface area (TPSA) is 86.4 Å². The number of thiophene rings is 1. The first-order valence-corrected chi connectivity index (χ1v) is 12.4. The molecule has 0 aliphatic carbocycles. The molecule has 29 heavy (non-hydrogen) atoms. The number of piperidine rings is 1. The van der Waals surface area contributed by atoms with Crippen molar-refractivity contribution >= 4 is 21.4 Å². The molecule has 2 aliphatic rings. The molecule has 0 saturated carbocycles. The van der Waals surface area contributed by atoms with Gasteiger partial charge in [0.2, 0.25) is 10.0 Å². The third kappa shape index (κ3) is 4.53. The van der Waals surface area contributed by atoms with Crippen LogP contribution < -0.4 is 5.56 Å². The van der Waals surface area contributed by atoms with Crippen LogP contribution in [0.5, 0.6) is 0 Å². The van der Waals surface area contributed by atoms with Crippen molar-refractivity contribution in [3.63, 3.8) is 0 Å². The Morgan fingerprint density at radius 2 is 2.24 bits per heavy atom. The van der Waals surface area contributed by atoms with E-state index in [1.165, 1.54) is 15.3 Å². The summed E-state index contributed by atoms with van der Waals surface area (Å²) in [4.78, 5) is 24.1. The number of rotatable bonds is 6. The SMILES string of the molecule is C=CCS(=O)(=O)N1CCC[C@H](c2nc3c(c(=O)[nH]2)CN(Cc2cccs2)CC3)C1. The second kappa shape index (κ2) is 8.51. The predicted octanol–water partition coefficient (Wildman–Crippen LogP) is 2.08. The van der Waals surface area contributed by atoms with Gasteiger partial charge in [0.05, 0.1) is 17.0 Å². The van der Waals surface area contributed by atoms with Gasteiger partial charge in [-0.25, -0.2) is 17.7 Å². The summed E-state index contributed by atoms with van der Waals surface area (Å²) in [5, 5.41) is 2.07. The van der Waals surface area contributed by atoms with Crippen molar-refractivity contribution in [2.75, 3.05) is 25.4 Å². The smallest absolute Gasteiger partial charge is 0.255 e. The van der Waals surface area contributed by atoms with Crippen LogP contribution in [0.2, 0.25) is 0 Å². The van der Waals surface area contributed by atoms with E-state index in [1.807, 2.05) is 6.07 Å². The summed E-state index contributed by atoms with van der Waals surface area (Å²) in [6.07, 6.45) is 3.74. The lowest BCUT2D eigenvalue weighted by molar-refractivity contribution is 0.242. The first-order valence-electron chi connectivity index (χ1n) is 9.91. The minimum absolute atomic E-state index is 0.0616. The minimum atomic E-state index is -3.34. The van der Waals surface area contributed by atoms with Crippen LogP contribution >= 0.6 is 11.3 Å². The Kier molecular flexibility index (Phi) is 6.00. The van der Waals surface area contributed by atoms with E-state index >= 15 is 0 Å². The van der Waals surface area contributed by atoms with Crippen LogP contribution in [0.4, 0.5) is 0 Å². The molecule has 1 saturated heterocycles. The van der Waals surface area contributed by atoms with Gasteiger partial charge in [-0.2, -0.15) is 0 Å². The number of hydrogen-bond donors (Lipinski definition) is 1. The molecule has 2 aromatic heterocycles. The summed E-state index contributed by atoms with van der Waals surface area (Å²) in [7, 11) is -3.34. The number of hydrogen-bond acceptors (Lipinski definition) is 6. The molecule has 7 nitrogen and oxygen atoms in total. The Morgan fingerprint density at radius 1 is 1.38 bits per heavy atom. The molecule has 4 heterocycles. The molecule has 1 fully saturated rings. The Balaban J connectivity index is 1.51. The molecule has 9 heteroatoms. The predicted molar refractivity (Wildman–Crippen MR) is 115 cm³/mol. The van der Waals surface area contributed by atoms with Crippen molar-refractivity contribution in [3.8, 4) is 0 Å². The van der Waals surface area contributed by atoms with Crippen molar-refractivity contribution in [2.45, 2.75) is 38.3 Å². The lowest BCUT2D eigenvalue weighted by Crippen LogP contribution is -2.41. The molecule has 0 unspecified atom stereocenters. The third-order valence-corrected chi connectivity index (χ3v) is 8.25. The zero-order chi connectivity index (χ0) is 20.4. The van der Waals surface area contributed by atoms with Crippen LogP contribution in [0.3, 0.4) is 0 Å². The number of H-pyrrole nitrogens is 1. The average molecular weight is 435 g/mol. The van der Waals surface area contributed by atoms with Crippen LogP contribution in [0.1, 0.15) is 40.7 Å². The van der Waals surface area contributed by atoms with E-state index in [9.17, 15) is 13.2 Å². The van der Waals surface area contributed by atoms with Gasteiger partial charge in [0, 0.05) is 49.9 Å². The highest BCUT2D eigenvalue weighted by Crippen LogP contribution is 2.27. The Hall–Kier alpha value is -1.81. The van der Waals surface area contributed by atoms with Crippen LogP contribution in [-0.2, 0) is 29.5 Å². The number of aromatic amines is 1. The summed E-state index contributed by atoms with van der Waals surface area (Å²) < 4.78 is 26.3. The van der Waals surface area contributed by atoms with Crippen LogP contribution in [0, 0.1) is 0 Å². The van der Waals surface area contributed by atoms with Gasteiger partial charge in [0.15, 0.2) is 0 Å². The zero-order valence-electron chi connectivity index (χ0n) is 16.3. The Labute approximate surface area is 175 Å². The number of nitrogens with zero attached hydrogens (tertiary/aromatic N) is 3. The van der Waals surface area contributed by atoms with E-state index in [-0.39, 0.29) is 17.2 Å². The summed E-state index contributed by atoms with van der Waals surface area (Å²) >= 11 is 1.73. The second-order valence-electron chi connectivity index (χ2n) is 7.68. The lowest BCUT2D eigenvalue weighted by atomic mass is 9.98. The average Bonchev–Trinajstić information content (AvgIpc) is 3.21. The fourth-order valence-electron chi connectivity index (χ4n) is 4.12. The van der Waals surface area contributed by atoms with E-state index in [0.717, 1.165) is 43.6 Å². The maximum absolute atomic E-state index is 12.8. The maximum Gasteiger partial charge on any atom is 0.255 e. The van der Waals surface area contributed by atoms with Gasteiger partial charge in [-0.1, -0.05) is 12.1 Å². The summed E-state index contributed by atoms with van der Waals surface area (Å²) in [5.41, 5.74) is 1.51. The van der Waals surface area contributed by atoms with E-state index in [1.54, 1.807) is 11.3 Å². The molecule has 0 aromatic carbocycles. The largest absolute Gasteiger partial charge is 0.310 e. The van der Waals surface area contributed by atoms with Gasteiger partial charge in [-0.15, -0.1) is 17.9 Å².